The lowest BCUT2D eigenvalue weighted by molar-refractivity contribution is 0.176. The van der Waals surface area contributed by atoms with Gasteiger partial charge >= 0.3 is 4.87 Å². The molecule has 1 fully saturated rings. The summed E-state index contributed by atoms with van der Waals surface area (Å²) < 4.78 is 0.607. The van der Waals surface area contributed by atoms with Gasteiger partial charge in [-0.1, -0.05) is 48.8 Å². The smallest absolute Gasteiger partial charge is 0.305 e. The van der Waals surface area contributed by atoms with Gasteiger partial charge in [0.25, 0.3) is 0 Å². The van der Waals surface area contributed by atoms with Gasteiger partial charge in [0.15, 0.2) is 0 Å². The van der Waals surface area contributed by atoms with Crippen molar-refractivity contribution in [3.63, 3.8) is 0 Å². The topological polar surface area (TPSA) is 97.4 Å². The van der Waals surface area contributed by atoms with Crippen LogP contribution in [-0.4, -0.2) is 34.3 Å². The van der Waals surface area contributed by atoms with Crippen molar-refractivity contribution in [2.45, 2.75) is 50.7 Å². The van der Waals surface area contributed by atoms with Crippen molar-refractivity contribution in [1.82, 2.24) is 10.3 Å². The van der Waals surface area contributed by atoms with Crippen molar-refractivity contribution in [2.24, 2.45) is 0 Å². The van der Waals surface area contributed by atoms with E-state index in [1.807, 2.05) is 0 Å². The molecule has 0 unspecified atom stereocenters. The first-order valence-corrected chi connectivity index (χ1v) is 11.5. The third kappa shape index (κ3) is 5.03. The summed E-state index contributed by atoms with van der Waals surface area (Å²) in [5.41, 5.74) is 3.49. The lowest BCUT2D eigenvalue weighted by atomic mass is 9.95. The predicted octanol–water partition coefficient (Wildman–Crippen LogP) is 3.91. The van der Waals surface area contributed by atoms with E-state index in [9.17, 15) is 15.0 Å². The SMILES string of the molecule is O=c1[nH]c2c(O)ccc([C@@H](O)CNCCc3cccc(NC4CCCCC4)c3)c2s1. The van der Waals surface area contributed by atoms with Gasteiger partial charge in [-0.05, 0) is 49.6 Å². The Balaban J connectivity index is 1.29. The highest BCUT2D eigenvalue weighted by Gasteiger charge is 2.16. The lowest BCUT2D eigenvalue weighted by Gasteiger charge is -2.24. The van der Waals surface area contributed by atoms with Crippen molar-refractivity contribution < 1.29 is 10.2 Å². The molecule has 160 valence electrons. The highest BCUT2D eigenvalue weighted by molar-refractivity contribution is 7.16. The molecule has 1 aliphatic carbocycles. The van der Waals surface area contributed by atoms with Crippen LogP contribution in [0.25, 0.3) is 10.2 Å². The van der Waals surface area contributed by atoms with E-state index in [4.69, 9.17) is 0 Å². The second-order valence-corrected chi connectivity index (χ2v) is 9.03. The Morgan fingerprint density at radius 1 is 1.17 bits per heavy atom. The van der Waals surface area contributed by atoms with Crippen LogP contribution in [0.4, 0.5) is 5.69 Å². The third-order valence-electron chi connectivity index (χ3n) is 5.78. The molecule has 0 saturated heterocycles. The number of rotatable bonds is 8. The van der Waals surface area contributed by atoms with E-state index >= 15 is 0 Å². The molecule has 3 aromatic rings. The predicted molar refractivity (Wildman–Crippen MR) is 123 cm³/mol. The fourth-order valence-corrected chi connectivity index (χ4v) is 5.10. The van der Waals surface area contributed by atoms with E-state index in [0.29, 0.717) is 28.4 Å². The Morgan fingerprint density at radius 2 is 2.00 bits per heavy atom. The number of thiazole rings is 1. The summed E-state index contributed by atoms with van der Waals surface area (Å²) in [6.45, 7) is 1.13. The number of aliphatic hydroxyl groups is 1. The quantitative estimate of drug-likeness (QED) is 0.351. The van der Waals surface area contributed by atoms with Gasteiger partial charge in [-0.3, -0.25) is 4.79 Å². The molecule has 1 atom stereocenters. The van der Waals surface area contributed by atoms with E-state index in [1.165, 1.54) is 49.4 Å². The van der Waals surface area contributed by atoms with E-state index in [0.717, 1.165) is 24.3 Å². The van der Waals surface area contributed by atoms with Crippen LogP contribution in [0.1, 0.15) is 49.3 Å². The molecular weight excluding hydrogens is 398 g/mol. The number of phenols is 1. The number of aliphatic hydroxyl groups excluding tert-OH is 1. The van der Waals surface area contributed by atoms with Crippen LogP contribution in [0.5, 0.6) is 5.75 Å². The molecule has 0 radical (unpaired) electrons. The zero-order valence-electron chi connectivity index (χ0n) is 17.0. The molecule has 5 N–H and O–H groups in total. The van der Waals surface area contributed by atoms with Crippen LogP contribution in [0.3, 0.4) is 0 Å². The molecule has 0 bridgehead atoms. The molecule has 1 heterocycles. The normalized spacial score (nSPS) is 16.0. The Morgan fingerprint density at radius 3 is 2.83 bits per heavy atom. The number of hydrogen-bond acceptors (Lipinski definition) is 6. The van der Waals surface area contributed by atoms with Gasteiger partial charge in [0.05, 0.1) is 10.8 Å². The number of fused-ring (bicyclic) bond motifs is 1. The first-order valence-electron chi connectivity index (χ1n) is 10.7. The van der Waals surface area contributed by atoms with E-state index in [1.54, 1.807) is 6.07 Å². The molecular formula is C23H29N3O3S. The molecule has 1 aliphatic rings. The molecule has 6 nitrogen and oxygen atoms in total. The van der Waals surface area contributed by atoms with Gasteiger partial charge in [-0.2, -0.15) is 0 Å². The zero-order chi connectivity index (χ0) is 20.9. The van der Waals surface area contributed by atoms with E-state index in [-0.39, 0.29) is 10.6 Å². The third-order valence-corrected chi connectivity index (χ3v) is 6.71. The van der Waals surface area contributed by atoms with Crippen molar-refractivity contribution in [3.8, 4) is 5.75 Å². The van der Waals surface area contributed by atoms with Crippen LogP contribution in [0.2, 0.25) is 0 Å². The molecule has 7 heteroatoms. The van der Waals surface area contributed by atoms with Crippen LogP contribution >= 0.6 is 11.3 Å². The summed E-state index contributed by atoms with van der Waals surface area (Å²) in [6.07, 6.45) is 6.61. The van der Waals surface area contributed by atoms with Crippen LogP contribution < -0.4 is 15.5 Å². The molecule has 0 spiro atoms. The van der Waals surface area contributed by atoms with Gasteiger partial charge in [-0.25, -0.2) is 0 Å². The second kappa shape index (κ2) is 9.64. The summed E-state index contributed by atoms with van der Waals surface area (Å²) in [5.74, 6) is 0.0222. The molecule has 0 aliphatic heterocycles. The second-order valence-electron chi connectivity index (χ2n) is 8.04. The average molecular weight is 428 g/mol. The number of hydrogen-bond donors (Lipinski definition) is 5. The number of aromatic amines is 1. The number of benzene rings is 2. The minimum atomic E-state index is -0.751. The number of anilines is 1. The molecule has 1 saturated carbocycles. The summed E-state index contributed by atoms with van der Waals surface area (Å²) in [7, 11) is 0. The lowest BCUT2D eigenvalue weighted by Crippen LogP contribution is -2.24. The number of aromatic hydroxyl groups is 1. The first kappa shape index (κ1) is 20.9. The zero-order valence-corrected chi connectivity index (χ0v) is 17.8. The van der Waals surface area contributed by atoms with Gasteiger partial charge in [0, 0.05) is 23.8 Å². The summed E-state index contributed by atoms with van der Waals surface area (Å²) in [6, 6.07) is 12.3. The van der Waals surface area contributed by atoms with Crippen molar-refractivity contribution in [3.05, 3.63) is 57.2 Å². The van der Waals surface area contributed by atoms with Gasteiger partial charge in [0.1, 0.15) is 11.3 Å². The van der Waals surface area contributed by atoms with E-state index < -0.39 is 6.10 Å². The molecule has 2 aromatic carbocycles. The molecule has 1 aromatic heterocycles. The Bertz CT molecular complexity index is 1040. The van der Waals surface area contributed by atoms with Crippen LogP contribution in [-0.2, 0) is 6.42 Å². The van der Waals surface area contributed by atoms with Crippen molar-refractivity contribution in [1.29, 1.82) is 0 Å². The number of H-pyrrole nitrogens is 1. The van der Waals surface area contributed by atoms with E-state index in [2.05, 4.69) is 39.9 Å². The van der Waals surface area contributed by atoms with Crippen molar-refractivity contribution >= 4 is 27.2 Å². The fraction of sp³-hybridized carbons (Fsp3) is 0.435. The molecule has 30 heavy (non-hydrogen) atoms. The number of nitrogens with one attached hydrogen (secondary N) is 3. The van der Waals surface area contributed by atoms with Gasteiger partial charge in [-0.15, -0.1) is 0 Å². The Labute approximate surface area is 180 Å². The van der Waals surface area contributed by atoms with Crippen LogP contribution in [0.15, 0.2) is 41.2 Å². The number of phenolic OH excluding ortho intramolecular Hbond substituents is 1. The molecule has 4 rings (SSSR count). The standard InChI is InChI=1S/C23H29N3O3S/c27-19-10-9-18(22-21(19)26-23(29)30-22)20(28)14-24-12-11-15-5-4-8-17(13-15)25-16-6-2-1-3-7-16/h4-5,8-10,13,16,20,24-25,27-28H,1-3,6-7,11-12,14H2,(H,26,29)/t20-/m0/s1. The van der Waals surface area contributed by atoms with Crippen molar-refractivity contribution in [2.75, 3.05) is 18.4 Å². The largest absolute Gasteiger partial charge is 0.506 e. The highest BCUT2D eigenvalue weighted by Crippen LogP contribution is 2.31. The fourth-order valence-electron chi connectivity index (χ4n) is 4.18. The van der Waals surface area contributed by atoms with Crippen LogP contribution in [0, 0.1) is 0 Å². The summed E-state index contributed by atoms with van der Waals surface area (Å²) >= 11 is 1.01. The highest BCUT2D eigenvalue weighted by atomic mass is 32.1. The monoisotopic (exact) mass is 427 g/mol. The molecule has 0 amide bonds. The maximum absolute atomic E-state index is 11.6. The average Bonchev–Trinajstić information content (AvgIpc) is 3.15. The number of aromatic nitrogens is 1. The summed E-state index contributed by atoms with van der Waals surface area (Å²) in [4.78, 5) is 14.0. The van der Waals surface area contributed by atoms with Gasteiger partial charge in [0.2, 0.25) is 0 Å². The maximum atomic E-state index is 11.6. The minimum Gasteiger partial charge on any atom is -0.506 e. The Hall–Kier alpha value is -2.35. The summed E-state index contributed by atoms with van der Waals surface area (Å²) in [5, 5.41) is 27.4. The van der Waals surface area contributed by atoms with Gasteiger partial charge < -0.3 is 25.8 Å². The maximum Gasteiger partial charge on any atom is 0.305 e. The Kier molecular flexibility index (Phi) is 6.72. The first-order chi connectivity index (χ1) is 14.6. The minimum absolute atomic E-state index is 0.0222.